The van der Waals surface area contributed by atoms with Gasteiger partial charge in [0, 0.05) is 11.8 Å². The maximum Gasteiger partial charge on any atom is 0.231 e. The summed E-state index contributed by atoms with van der Waals surface area (Å²) in [4.78, 5) is 10.1. The van der Waals surface area contributed by atoms with Gasteiger partial charge in [-0.2, -0.15) is 0 Å². The monoisotopic (exact) mass is 179 g/mol. The molecule has 13 heavy (non-hydrogen) atoms. The molecule has 1 aliphatic rings. The lowest BCUT2D eigenvalue weighted by molar-refractivity contribution is -0.106. The Morgan fingerprint density at radius 1 is 1.38 bits per heavy atom. The van der Waals surface area contributed by atoms with Crippen molar-refractivity contribution in [3.63, 3.8) is 0 Å². The molecule has 1 aromatic carbocycles. The van der Waals surface area contributed by atoms with Crippen molar-refractivity contribution in [1.82, 2.24) is 0 Å². The van der Waals surface area contributed by atoms with Crippen molar-refractivity contribution >= 4 is 12.0 Å². The van der Waals surface area contributed by atoms with Crippen LogP contribution in [0, 0.1) is 0 Å². The third-order valence-electron chi connectivity index (χ3n) is 1.76. The van der Waals surface area contributed by atoms with E-state index in [9.17, 15) is 4.79 Å². The van der Waals surface area contributed by atoms with Gasteiger partial charge in [0.25, 0.3) is 0 Å². The van der Waals surface area contributed by atoms with Crippen molar-refractivity contribution in [2.24, 2.45) is 0 Å². The van der Waals surface area contributed by atoms with Crippen LogP contribution in [0.5, 0.6) is 11.5 Å². The number of aldehydes is 1. The van der Waals surface area contributed by atoms with E-state index in [2.05, 4.69) is 5.32 Å². The molecule has 4 heteroatoms. The topological polar surface area (TPSA) is 47.6 Å². The zero-order valence-corrected chi connectivity index (χ0v) is 6.95. The Hall–Kier alpha value is -1.71. The molecule has 0 unspecified atom stereocenters. The van der Waals surface area contributed by atoms with Crippen molar-refractivity contribution in [1.29, 1.82) is 0 Å². The van der Waals surface area contributed by atoms with Gasteiger partial charge in [-0.1, -0.05) is 0 Å². The molecular weight excluding hydrogens is 170 g/mol. The van der Waals surface area contributed by atoms with Crippen LogP contribution in [0.3, 0.4) is 0 Å². The molecule has 0 bridgehead atoms. The van der Waals surface area contributed by atoms with E-state index >= 15 is 0 Å². The molecule has 1 aliphatic heterocycles. The zero-order chi connectivity index (χ0) is 9.10. The Kier molecular flexibility index (Phi) is 2.04. The minimum absolute atomic E-state index is 0.270. The number of ether oxygens (including phenoxy) is 2. The third kappa shape index (κ3) is 1.56. The summed E-state index contributed by atoms with van der Waals surface area (Å²) in [5, 5.41) is 2.92. The zero-order valence-electron chi connectivity index (χ0n) is 6.95. The van der Waals surface area contributed by atoms with Gasteiger partial charge in [-0.05, 0) is 12.1 Å². The van der Waals surface area contributed by atoms with Gasteiger partial charge < -0.3 is 19.6 Å². The van der Waals surface area contributed by atoms with Gasteiger partial charge in [0.2, 0.25) is 6.79 Å². The number of fused-ring (bicyclic) bond motifs is 1. The molecule has 0 saturated heterocycles. The third-order valence-corrected chi connectivity index (χ3v) is 1.76. The van der Waals surface area contributed by atoms with E-state index < -0.39 is 0 Å². The van der Waals surface area contributed by atoms with Crippen molar-refractivity contribution < 1.29 is 14.3 Å². The van der Waals surface area contributed by atoms with Gasteiger partial charge in [0.15, 0.2) is 11.5 Å². The van der Waals surface area contributed by atoms with E-state index in [1.54, 1.807) is 0 Å². The maximum atomic E-state index is 10.1. The maximum absolute atomic E-state index is 10.1. The van der Waals surface area contributed by atoms with Crippen LogP contribution in [-0.4, -0.2) is 19.6 Å². The normalized spacial score (nSPS) is 12.6. The fourth-order valence-electron chi connectivity index (χ4n) is 1.17. The first-order valence-corrected chi connectivity index (χ1v) is 3.97. The molecule has 0 atom stereocenters. The number of hydrogen-bond acceptors (Lipinski definition) is 4. The average Bonchev–Trinajstić information content (AvgIpc) is 2.61. The summed E-state index contributed by atoms with van der Waals surface area (Å²) in [7, 11) is 0. The lowest BCUT2D eigenvalue weighted by atomic mass is 10.3. The van der Waals surface area contributed by atoms with Gasteiger partial charge >= 0.3 is 0 Å². The minimum atomic E-state index is 0.270. The standard InChI is InChI=1S/C9H9NO3/c11-4-3-10-7-1-2-8-9(5-7)13-6-12-8/h1-2,4-5,10H,3,6H2. The van der Waals surface area contributed by atoms with Gasteiger partial charge in [0.1, 0.15) is 6.29 Å². The van der Waals surface area contributed by atoms with Crippen LogP contribution in [-0.2, 0) is 4.79 Å². The van der Waals surface area contributed by atoms with E-state index in [0.29, 0.717) is 6.54 Å². The average molecular weight is 179 g/mol. The molecule has 0 aliphatic carbocycles. The van der Waals surface area contributed by atoms with Crippen molar-refractivity contribution in [3.8, 4) is 11.5 Å². The lowest BCUT2D eigenvalue weighted by Crippen LogP contribution is -2.01. The van der Waals surface area contributed by atoms with Crippen molar-refractivity contribution in [2.75, 3.05) is 18.7 Å². The first-order chi connectivity index (χ1) is 6.40. The first-order valence-electron chi connectivity index (χ1n) is 3.97. The van der Waals surface area contributed by atoms with Crippen LogP contribution in [0.1, 0.15) is 0 Å². The molecule has 1 heterocycles. The smallest absolute Gasteiger partial charge is 0.231 e. The van der Waals surface area contributed by atoms with Crippen molar-refractivity contribution in [3.05, 3.63) is 18.2 Å². The van der Waals surface area contributed by atoms with Gasteiger partial charge in [0.05, 0.1) is 6.54 Å². The SMILES string of the molecule is O=CCNc1ccc2c(c1)OCO2. The summed E-state index contributed by atoms with van der Waals surface area (Å²) in [6.45, 7) is 0.576. The van der Waals surface area contributed by atoms with Crippen LogP contribution in [0.25, 0.3) is 0 Å². The molecular formula is C9H9NO3. The Labute approximate surface area is 75.5 Å². The summed E-state index contributed by atoms with van der Waals surface area (Å²) < 4.78 is 10.3. The molecule has 0 fully saturated rings. The second kappa shape index (κ2) is 3.35. The number of benzene rings is 1. The van der Waals surface area contributed by atoms with Crippen LogP contribution < -0.4 is 14.8 Å². The molecule has 0 saturated carbocycles. The number of hydrogen-bond donors (Lipinski definition) is 1. The Morgan fingerprint density at radius 3 is 3.08 bits per heavy atom. The number of nitrogens with one attached hydrogen (secondary N) is 1. The Bertz CT molecular complexity index is 325. The molecule has 1 N–H and O–H groups in total. The van der Waals surface area contributed by atoms with Crippen LogP contribution >= 0.6 is 0 Å². The molecule has 0 spiro atoms. The predicted molar refractivity (Wildman–Crippen MR) is 47.1 cm³/mol. The number of carbonyl (C=O) groups excluding carboxylic acids is 1. The first kappa shape index (κ1) is 7.91. The predicted octanol–water partition coefficient (Wildman–Crippen LogP) is 1.03. The molecule has 2 rings (SSSR count). The summed E-state index contributed by atoms with van der Waals surface area (Å²) in [5.41, 5.74) is 0.858. The highest BCUT2D eigenvalue weighted by Gasteiger charge is 2.12. The summed E-state index contributed by atoms with van der Waals surface area (Å²) >= 11 is 0. The second-order valence-electron chi connectivity index (χ2n) is 2.62. The largest absolute Gasteiger partial charge is 0.454 e. The number of rotatable bonds is 3. The van der Waals surface area contributed by atoms with Crippen LogP contribution in [0.2, 0.25) is 0 Å². The van der Waals surface area contributed by atoms with E-state index in [1.807, 2.05) is 18.2 Å². The highest BCUT2D eigenvalue weighted by atomic mass is 16.7. The Morgan fingerprint density at radius 2 is 2.23 bits per heavy atom. The lowest BCUT2D eigenvalue weighted by Gasteiger charge is -2.02. The van der Waals surface area contributed by atoms with Crippen molar-refractivity contribution in [2.45, 2.75) is 0 Å². The highest BCUT2D eigenvalue weighted by molar-refractivity contribution is 5.62. The summed E-state index contributed by atoms with van der Waals surface area (Å²) in [6, 6.07) is 5.47. The molecule has 68 valence electrons. The summed E-state index contributed by atoms with van der Waals surface area (Å²) in [5.74, 6) is 1.47. The number of carbonyl (C=O) groups is 1. The fourth-order valence-corrected chi connectivity index (χ4v) is 1.17. The number of anilines is 1. The molecule has 0 amide bonds. The molecule has 0 radical (unpaired) electrons. The molecule has 4 nitrogen and oxygen atoms in total. The summed E-state index contributed by atoms with van der Waals surface area (Å²) in [6.07, 6.45) is 0.810. The highest BCUT2D eigenvalue weighted by Crippen LogP contribution is 2.33. The molecule has 1 aromatic rings. The van der Waals surface area contributed by atoms with Gasteiger partial charge in [-0.3, -0.25) is 0 Å². The van der Waals surface area contributed by atoms with Gasteiger partial charge in [-0.15, -0.1) is 0 Å². The van der Waals surface area contributed by atoms with E-state index in [1.165, 1.54) is 0 Å². The van der Waals surface area contributed by atoms with E-state index in [4.69, 9.17) is 9.47 Å². The van der Waals surface area contributed by atoms with E-state index in [-0.39, 0.29) is 6.79 Å². The van der Waals surface area contributed by atoms with Gasteiger partial charge in [-0.25, -0.2) is 0 Å². The Balaban J connectivity index is 2.16. The minimum Gasteiger partial charge on any atom is -0.454 e. The molecule has 0 aromatic heterocycles. The van der Waals surface area contributed by atoms with Crippen LogP contribution in [0.4, 0.5) is 5.69 Å². The fraction of sp³-hybridized carbons (Fsp3) is 0.222. The van der Waals surface area contributed by atoms with Crippen LogP contribution in [0.15, 0.2) is 18.2 Å². The quantitative estimate of drug-likeness (QED) is 0.704. The van der Waals surface area contributed by atoms with E-state index in [0.717, 1.165) is 23.5 Å². The second-order valence-corrected chi connectivity index (χ2v) is 2.62.